The van der Waals surface area contributed by atoms with Crippen LogP contribution in [0.2, 0.25) is 0 Å². The highest BCUT2D eigenvalue weighted by Gasteiger charge is 2.21. The van der Waals surface area contributed by atoms with E-state index >= 15 is 0 Å². The van der Waals surface area contributed by atoms with E-state index in [9.17, 15) is 0 Å². The molecule has 0 saturated heterocycles. The van der Waals surface area contributed by atoms with Gasteiger partial charge in [0.1, 0.15) is 11.2 Å². The van der Waals surface area contributed by atoms with Crippen LogP contribution in [0.15, 0.2) is 186 Å². The summed E-state index contributed by atoms with van der Waals surface area (Å²) in [7, 11) is 0. The van der Waals surface area contributed by atoms with Gasteiger partial charge in [-0.05, 0) is 78.4 Å². The van der Waals surface area contributed by atoms with Crippen LogP contribution in [0, 0.1) is 0 Å². The lowest BCUT2D eigenvalue weighted by atomic mass is 10.0. The fourth-order valence-corrected chi connectivity index (χ4v) is 8.17. The van der Waals surface area contributed by atoms with Crippen LogP contribution in [0.4, 0.5) is 0 Å². The zero-order valence-electron chi connectivity index (χ0n) is 30.8. The van der Waals surface area contributed by atoms with Gasteiger partial charge in [0.05, 0.1) is 11.0 Å². The van der Waals surface area contributed by atoms with Gasteiger partial charge in [-0.25, -0.2) is 15.0 Å². The molecule has 0 amide bonds. The smallest absolute Gasteiger partial charge is 0.170 e. The number of aromatic nitrogens is 4. The van der Waals surface area contributed by atoms with Gasteiger partial charge < -0.3 is 18.5 Å². The number of benzene rings is 8. The molecule has 7 nitrogen and oxygen atoms in total. The summed E-state index contributed by atoms with van der Waals surface area (Å²) in [6.45, 7) is 0. The molecule has 0 saturated carbocycles. The molecular formula is C51H30N4O3. The van der Waals surface area contributed by atoms with Gasteiger partial charge >= 0.3 is 0 Å². The summed E-state index contributed by atoms with van der Waals surface area (Å²) in [4.78, 5) is 15.1. The highest BCUT2D eigenvalue weighted by Crippen LogP contribution is 2.47. The third-order valence-corrected chi connectivity index (χ3v) is 10.9. The van der Waals surface area contributed by atoms with E-state index in [1.807, 2.05) is 78.9 Å². The zero-order valence-corrected chi connectivity index (χ0v) is 30.8. The molecule has 0 atom stereocenters. The molecule has 0 bridgehead atoms. The minimum absolute atomic E-state index is 0.560. The lowest BCUT2D eigenvalue weighted by molar-refractivity contribution is 0.360. The molecule has 0 N–H and O–H groups in total. The molecule has 4 heterocycles. The van der Waals surface area contributed by atoms with Crippen LogP contribution in [-0.4, -0.2) is 19.5 Å². The van der Waals surface area contributed by atoms with E-state index in [-0.39, 0.29) is 0 Å². The number of furan rings is 1. The Balaban J connectivity index is 0.944. The Bertz CT molecular complexity index is 3350. The lowest BCUT2D eigenvalue weighted by Crippen LogP contribution is -2.00. The Morgan fingerprint density at radius 1 is 0.362 bits per heavy atom. The summed E-state index contributed by atoms with van der Waals surface area (Å²) >= 11 is 0. The maximum Gasteiger partial charge on any atom is 0.170 e. The molecule has 1 aliphatic heterocycles. The van der Waals surface area contributed by atoms with E-state index in [1.165, 1.54) is 10.8 Å². The topological polar surface area (TPSA) is 75.2 Å². The Kier molecular flexibility index (Phi) is 7.09. The number of fused-ring (bicyclic) bond motifs is 8. The molecule has 11 aromatic rings. The quantitative estimate of drug-likeness (QED) is 0.175. The lowest BCUT2D eigenvalue weighted by Gasteiger charge is -2.21. The molecule has 0 unspecified atom stereocenters. The molecular weight excluding hydrogens is 717 g/mol. The van der Waals surface area contributed by atoms with Gasteiger partial charge in [0.25, 0.3) is 0 Å². The Morgan fingerprint density at radius 2 is 0.914 bits per heavy atom. The van der Waals surface area contributed by atoms with Gasteiger partial charge in [-0.3, -0.25) is 0 Å². The standard InChI is InChI=1S/C51H30N4O3/c1-2-11-31(12-3-1)49-52-50(32-21-25-35(26-22-32)55-41-17-6-4-13-37(41)38-14-5-7-18-42(38)55)54-51(53-49)34-23-27-39-40-16-10-15-36(48(40)58-46(39)30-34)33-24-28-45-47(29-33)57-44-20-9-8-19-43(44)56-45/h1-30H. The first-order valence-electron chi connectivity index (χ1n) is 19.2. The maximum atomic E-state index is 6.69. The van der Waals surface area contributed by atoms with Crippen LogP contribution in [0.3, 0.4) is 0 Å². The highest BCUT2D eigenvalue weighted by molar-refractivity contribution is 6.11. The van der Waals surface area contributed by atoms with Crippen molar-refractivity contribution in [2.75, 3.05) is 0 Å². The maximum absolute atomic E-state index is 6.69. The van der Waals surface area contributed by atoms with E-state index in [2.05, 4.69) is 108 Å². The number of hydrogen-bond acceptors (Lipinski definition) is 6. The first-order valence-corrected chi connectivity index (χ1v) is 19.2. The fourth-order valence-electron chi connectivity index (χ4n) is 8.17. The van der Waals surface area contributed by atoms with Crippen LogP contribution in [0.1, 0.15) is 0 Å². The second-order valence-electron chi connectivity index (χ2n) is 14.4. The van der Waals surface area contributed by atoms with Gasteiger partial charge in [-0.15, -0.1) is 0 Å². The van der Waals surface area contributed by atoms with Crippen molar-refractivity contribution in [3.63, 3.8) is 0 Å². The van der Waals surface area contributed by atoms with E-state index in [1.54, 1.807) is 0 Å². The monoisotopic (exact) mass is 746 g/mol. The number of rotatable bonds is 5. The molecule has 0 fully saturated rings. The molecule has 0 aliphatic carbocycles. The predicted octanol–water partition coefficient (Wildman–Crippen LogP) is 13.4. The number of para-hydroxylation sites is 5. The van der Waals surface area contributed by atoms with Crippen molar-refractivity contribution in [2.24, 2.45) is 0 Å². The summed E-state index contributed by atoms with van der Waals surface area (Å²) in [6, 6.07) is 61.6. The molecule has 3 aromatic heterocycles. The second-order valence-corrected chi connectivity index (χ2v) is 14.4. The molecule has 8 aromatic carbocycles. The molecule has 7 heteroatoms. The summed E-state index contributed by atoms with van der Waals surface area (Å²) in [5.74, 6) is 4.47. The molecule has 58 heavy (non-hydrogen) atoms. The zero-order chi connectivity index (χ0) is 38.2. The van der Waals surface area contributed by atoms with Crippen LogP contribution in [0.25, 0.3) is 94.7 Å². The first-order chi connectivity index (χ1) is 28.7. The van der Waals surface area contributed by atoms with Crippen molar-refractivity contribution < 1.29 is 13.9 Å². The van der Waals surface area contributed by atoms with E-state index in [0.29, 0.717) is 40.5 Å². The second kappa shape index (κ2) is 12.8. The van der Waals surface area contributed by atoms with Crippen LogP contribution < -0.4 is 9.47 Å². The summed E-state index contributed by atoms with van der Waals surface area (Å²) in [5, 5.41) is 4.47. The average Bonchev–Trinajstić information content (AvgIpc) is 3.84. The highest BCUT2D eigenvalue weighted by atomic mass is 16.6. The van der Waals surface area contributed by atoms with Gasteiger partial charge in [0, 0.05) is 49.5 Å². The number of hydrogen-bond donors (Lipinski definition) is 0. The van der Waals surface area contributed by atoms with Crippen molar-refractivity contribution in [3.05, 3.63) is 182 Å². The number of nitrogens with zero attached hydrogens (tertiary/aromatic N) is 4. The molecule has 0 radical (unpaired) electrons. The SMILES string of the molecule is c1ccc(-c2nc(-c3ccc(-n4c5ccccc5c5ccccc54)cc3)nc(-c3ccc4c(c3)oc3c(-c5ccc6c(c5)Oc5ccccc5O6)cccc34)n2)cc1. The third kappa shape index (κ3) is 5.18. The minimum atomic E-state index is 0.560. The normalized spacial score (nSPS) is 12.1. The Labute approximate surface area is 332 Å². The van der Waals surface area contributed by atoms with Crippen LogP contribution >= 0.6 is 0 Å². The van der Waals surface area contributed by atoms with Crippen molar-refractivity contribution in [2.45, 2.75) is 0 Å². The van der Waals surface area contributed by atoms with Gasteiger partial charge in [-0.1, -0.05) is 109 Å². The third-order valence-electron chi connectivity index (χ3n) is 10.9. The molecule has 1 aliphatic rings. The van der Waals surface area contributed by atoms with Gasteiger partial charge in [0.15, 0.2) is 40.5 Å². The van der Waals surface area contributed by atoms with E-state index in [4.69, 9.17) is 28.8 Å². The van der Waals surface area contributed by atoms with Crippen LogP contribution in [-0.2, 0) is 0 Å². The predicted molar refractivity (Wildman–Crippen MR) is 230 cm³/mol. The van der Waals surface area contributed by atoms with E-state index < -0.39 is 0 Å². The number of ether oxygens (including phenoxy) is 2. The molecule has 272 valence electrons. The van der Waals surface area contributed by atoms with Crippen molar-refractivity contribution >= 4 is 43.7 Å². The van der Waals surface area contributed by atoms with Gasteiger partial charge in [-0.2, -0.15) is 0 Å². The van der Waals surface area contributed by atoms with E-state index in [0.717, 1.165) is 66.5 Å². The first kappa shape index (κ1) is 32.2. The summed E-state index contributed by atoms with van der Waals surface area (Å²) in [5.41, 5.74) is 9.47. The Hall–Kier alpha value is -8.03. The van der Waals surface area contributed by atoms with Crippen molar-refractivity contribution in [3.8, 4) is 74.0 Å². The van der Waals surface area contributed by atoms with Gasteiger partial charge in [0.2, 0.25) is 0 Å². The average molecular weight is 747 g/mol. The minimum Gasteiger partial charge on any atom is -0.455 e. The van der Waals surface area contributed by atoms with Crippen LogP contribution in [0.5, 0.6) is 23.0 Å². The summed E-state index contributed by atoms with van der Waals surface area (Å²) < 4.78 is 21.4. The molecule has 0 spiro atoms. The Morgan fingerprint density at radius 3 is 1.64 bits per heavy atom. The van der Waals surface area contributed by atoms with Crippen molar-refractivity contribution in [1.29, 1.82) is 0 Å². The summed E-state index contributed by atoms with van der Waals surface area (Å²) in [6.07, 6.45) is 0. The fraction of sp³-hybridized carbons (Fsp3) is 0. The molecule has 12 rings (SSSR count). The largest absolute Gasteiger partial charge is 0.455 e. The van der Waals surface area contributed by atoms with Crippen molar-refractivity contribution in [1.82, 2.24) is 19.5 Å².